The van der Waals surface area contributed by atoms with Crippen LogP contribution in [0.15, 0.2) is 47.0 Å². The highest BCUT2D eigenvalue weighted by molar-refractivity contribution is 5.76. The van der Waals surface area contributed by atoms with Crippen LogP contribution in [0.25, 0.3) is 16.8 Å². The highest BCUT2D eigenvalue weighted by Gasteiger charge is 2.16. The first-order chi connectivity index (χ1) is 13.6. The highest BCUT2D eigenvalue weighted by Crippen LogP contribution is 2.35. The predicted molar refractivity (Wildman–Crippen MR) is 106 cm³/mol. The van der Waals surface area contributed by atoms with E-state index in [4.69, 9.17) is 4.52 Å². The number of benzene rings is 2. The first kappa shape index (κ1) is 17.8. The van der Waals surface area contributed by atoms with Crippen LogP contribution < -0.4 is 4.90 Å². The van der Waals surface area contributed by atoms with Crippen molar-refractivity contribution in [2.24, 2.45) is 0 Å². The van der Waals surface area contributed by atoms with Crippen LogP contribution >= 0.6 is 0 Å². The van der Waals surface area contributed by atoms with Crippen molar-refractivity contribution in [2.45, 2.75) is 27.7 Å². The summed E-state index contributed by atoms with van der Waals surface area (Å²) in [4.78, 5) is 3.66. The number of aryl methyl sites for hydroxylation is 3. The zero-order chi connectivity index (χ0) is 19.7. The van der Waals surface area contributed by atoms with E-state index in [1.807, 2.05) is 38.1 Å². The monoisotopic (exact) mass is 375 g/mol. The van der Waals surface area contributed by atoms with Crippen LogP contribution in [-0.4, -0.2) is 37.4 Å². The van der Waals surface area contributed by atoms with E-state index in [-0.39, 0.29) is 0 Å². The standard InChI is InChI=1S/C20H21N7O/c1-5-26(17-8-10-18(11-9-17)27-24-22-23-25-27)19-12-16(7-6-13(19)2)20-14(3)21-28-15(20)4/h6-12H,5H2,1-4H3. The molecule has 0 fully saturated rings. The number of nitrogens with zero attached hydrogens (tertiary/aromatic N) is 7. The first-order valence-electron chi connectivity index (χ1n) is 9.11. The Morgan fingerprint density at radius 3 is 2.29 bits per heavy atom. The summed E-state index contributed by atoms with van der Waals surface area (Å²) < 4.78 is 5.35. The molecule has 2 aromatic carbocycles. The molecule has 4 aromatic rings. The van der Waals surface area contributed by atoms with Gasteiger partial charge in [-0.1, -0.05) is 17.3 Å². The van der Waals surface area contributed by atoms with Gasteiger partial charge in [0.15, 0.2) is 0 Å². The van der Waals surface area contributed by atoms with Crippen molar-refractivity contribution in [1.29, 1.82) is 0 Å². The van der Waals surface area contributed by atoms with Crippen molar-refractivity contribution in [3.05, 3.63) is 59.5 Å². The molecule has 28 heavy (non-hydrogen) atoms. The van der Waals surface area contributed by atoms with E-state index < -0.39 is 0 Å². The van der Waals surface area contributed by atoms with Gasteiger partial charge in [0.05, 0.1) is 11.4 Å². The molecule has 0 amide bonds. The molecule has 0 aliphatic heterocycles. The van der Waals surface area contributed by atoms with E-state index in [0.29, 0.717) is 0 Å². The highest BCUT2D eigenvalue weighted by atomic mass is 16.5. The van der Waals surface area contributed by atoms with Crippen molar-refractivity contribution in [2.75, 3.05) is 11.4 Å². The lowest BCUT2D eigenvalue weighted by Crippen LogP contribution is -2.17. The second kappa shape index (κ2) is 7.22. The van der Waals surface area contributed by atoms with Crippen molar-refractivity contribution in [1.82, 2.24) is 30.8 Å². The molecule has 2 heterocycles. The van der Waals surface area contributed by atoms with E-state index in [9.17, 15) is 0 Å². The Morgan fingerprint density at radius 2 is 1.68 bits per heavy atom. The van der Waals surface area contributed by atoms with Crippen LogP contribution in [-0.2, 0) is 0 Å². The second-order valence-corrected chi connectivity index (χ2v) is 6.61. The second-order valence-electron chi connectivity index (χ2n) is 6.61. The normalized spacial score (nSPS) is 11.0. The van der Waals surface area contributed by atoms with Gasteiger partial charge in [0.25, 0.3) is 0 Å². The summed E-state index contributed by atoms with van der Waals surface area (Å²) in [6.07, 6.45) is 0. The van der Waals surface area contributed by atoms with Crippen LogP contribution in [0.3, 0.4) is 0 Å². The molecule has 0 unspecified atom stereocenters. The summed E-state index contributed by atoms with van der Waals surface area (Å²) >= 11 is 0. The van der Waals surface area contributed by atoms with Crippen molar-refractivity contribution in [3.63, 3.8) is 0 Å². The number of hydrogen-bond acceptors (Lipinski definition) is 7. The first-order valence-corrected chi connectivity index (χ1v) is 9.11. The minimum Gasteiger partial charge on any atom is -0.361 e. The smallest absolute Gasteiger partial charge is 0.141 e. The van der Waals surface area contributed by atoms with E-state index >= 15 is 0 Å². The Morgan fingerprint density at radius 1 is 0.964 bits per heavy atom. The topological polar surface area (TPSA) is 85.8 Å². The van der Waals surface area contributed by atoms with Gasteiger partial charge in [-0.05, 0) is 90.0 Å². The molecule has 0 saturated carbocycles. The van der Waals surface area contributed by atoms with E-state index in [0.717, 1.165) is 46.2 Å². The number of aromatic nitrogens is 6. The molecule has 0 atom stereocenters. The van der Waals surface area contributed by atoms with Crippen LogP contribution in [0, 0.1) is 20.8 Å². The van der Waals surface area contributed by atoms with Gasteiger partial charge >= 0.3 is 0 Å². The fourth-order valence-corrected chi connectivity index (χ4v) is 3.44. The van der Waals surface area contributed by atoms with Crippen molar-refractivity contribution in [3.8, 4) is 16.8 Å². The molecule has 0 saturated heterocycles. The quantitative estimate of drug-likeness (QED) is 0.524. The summed E-state index contributed by atoms with van der Waals surface area (Å²) in [6.45, 7) is 8.99. The Bertz CT molecular complexity index is 1060. The molecule has 0 spiro atoms. The van der Waals surface area contributed by atoms with Gasteiger partial charge in [-0.15, -0.1) is 4.80 Å². The van der Waals surface area contributed by atoms with E-state index in [1.54, 1.807) is 0 Å². The summed E-state index contributed by atoms with van der Waals surface area (Å²) in [6, 6.07) is 14.4. The molecule has 0 aliphatic carbocycles. The third-order valence-corrected chi connectivity index (χ3v) is 4.82. The van der Waals surface area contributed by atoms with Crippen LogP contribution in [0.2, 0.25) is 0 Å². The van der Waals surface area contributed by atoms with Gasteiger partial charge in [-0.25, -0.2) is 0 Å². The minimum atomic E-state index is 0.811. The molecule has 0 N–H and O–H groups in total. The van der Waals surface area contributed by atoms with Gasteiger partial charge in [0.1, 0.15) is 5.76 Å². The molecular formula is C20H21N7O. The lowest BCUT2D eigenvalue weighted by molar-refractivity contribution is 0.393. The summed E-state index contributed by atoms with van der Waals surface area (Å²) in [5.74, 6) is 0.827. The molecular weight excluding hydrogens is 354 g/mol. The molecule has 0 aliphatic rings. The molecule has 8 nitrogen and oxygen atoms in total. The van der Waals surface area contributed by atoms with E-state index in [1.165, 1.54) is 10.4 Å². The van der Waals surface area contributed by atoms with Gasteiger partial charge in [-0.3, -0.25) is 0 Å². The SMILES string of the molecule is CCN(c1ccc(-n2nnnn2)cc1)c1cc(-c2c(C)noc2C)ccc1C. The average Bonchev–Trinajstić information content (AvgIpc) is 3.35. The van der Waals surface area contributed by atoms with Crippen LogP contribution in [0.5, 0.6) is 0 Å². The maximum absolute atomic E-state index is 5.35. The van der Waals surface area contributed by atoms with E-state index in [2.05, 4.69) is 63.0 Å². The Hall–Kier alpha value is -3.55. The minimum absolute atomic E-state index is 0.811. The Balaban J connectivity index is 1.73. The van der Waals surface area contributed by atoms with Gasteiger partial charge in [-0.2, -0.15) is 0 Å². The maximum atomic E-state index is 5.35. The van der Waals surface area contributed by atoms with Gasteiger partial charge < -0.3 is 9.42 Å². The average molecular weight is 375 g/mol. The molecule has 0 radical (unpaired) electrons. The lowest BCUT2D eigenvalue weighted by atomic mass is 10.0. The van der Waals surface area contributed by atoms with Gasteiger partial charge in [0.2, 0.25) is 0 Å². The third-order valence-electron chi connectivity index (χ3n) is 4.82. The third kappa shape index (κ3) is 3.13. The molecule has 142 valence electrons. The van der Waals surface area contributed by atoms with Gasteiger partial charge in [0, 0.05) is 23.5 Å². The molecule has 0 bridgehead atoms. The summed E-state index contributed by atoms with van der Waals surface area (Å²) in [7, 11) is 0. The number of rotatable bonds is 5. The zero-order valence-electron chi connectivity index (χ0n) is 16.3. The Labute approximate surface area is 162 Å². The summed E-state index contributed by atoms with van der Waals surface area (Å²) in [5.41, 5.74) is 7.29. The lowest BCUT2D eigenvalue weighted by Gasteiger charge is -2.26. The zero-order valence-corrected chi connectivity index (χ0v) is 16.3. The largest absolute Gasteiger partial charge is 0.361 e. The number of anilines is 2. The fourth-order valence-electron chi connectivity index (χ4n) is 3.44. The van der Waals surface area contributed by atoms with Crippen molar-refractivity contribution < 1.29 is 4.52 Å². The molecule has 4 rings (SSSR count). The predicted octanol–water partition coefficient (Wildman–Crippen LogP) is 3.80. The summed E-state index contributed by atoms with van der Waals surface area (Å²) in [5, 5.41) is 18.8. The number of hydrogen-bond donors (Lipinski definition) is 0. The molecule has 2 aromatic heterocycles. The maximum Gasteiger partial charge on any atom is 0.141 e. The fraction of sp³-hybridized carbons (Fsp3) is 0.250. The molecule has 8 heteroatoms. The Kier molecular flexibility index (Phi) is 4.60. The van der Waals surface area contributed by atoms with Crippen LogP contribution in [0.1, 0.15) is 23.9 Å². The van der Waals surface area contributed by atoms with Crippen molar-refractivity contribution >= 4 is 11.4 Å². The van der Waals surface area contributed by atoms with Crippen LogP contribution in [0.4, 0.5) is 11.4 Å².